The number of carbonyl (C=O) groups is 2. The summed E-state index contributed by atoms with van der Waals surface area (Å²) in [6.45, 7) is -0.443. The zero-order valence-electron chi connectivity index (χ0n) is 9.96. The maximum atomic E-state index is 11.5. The third-order valence-electron chi connectivity index (χ3n) is 2.06. The van der Waals surface area contributed by atoms with E-state index in [1.54, 1.807) is 0 Å². The van der Waals surface area contributed by atoms with Gasteiger partial charge in [0.05, 0.1) is 12.9 Å². The highest BCUT2D eigenvalue weighted by Gasteiger charge is 2.23. The number of sulfonamides is 1. The first-order chi connectivity index (χ1) is 8.32. The Hall–Kier alpha value is -1.19. The van der Waals surface area contributed by atoms with E-state index in [0.717, 1.165) is 0 Å². The molecule has 0 rings (SSSR count). The molecule has 0 amide bonds. The lowest BCUT2D eigenvalue weighted by Crippen LogP contribution is -2.42. The Bertz CT molecular complexity index is 378. The Morgan fingerprint density at radius 3 is 2.44 bits per heavy atom. The van der Waals surface area contributed by atoms with Crippen LogP contribution in [0.3, 0.4) is 0 Å². The number of hydrogen-bond donors (Lipinski definition) is 3. The third-order valence-corrected chi connectivity index (χ3v) is 3.53. The smallest absolute Gasteiger partial charge is 0.321 e. The summed E-state index contributed by atoms with van der Waals surface area (Å²) in [5, 5.41) is 17.3. The molecule has 0 saturated heterocycles. The second-order valence-corrected chi connectivity index (χ2v) is 5.39. The van der Waals surface area contributed by atoms with Gasteiger partial charge in [-0.05, 0) is 12.8 Å². The SMILES string of the molecule is COC(=O)CCCS(=O)(=O)NC(CCO)C(=O)O. The van der Waals surface area contributed by atoms with Crippen molar-refractivity contribution in [3.05, 3.63) is 0 Å². The highest BCUT2D eigenvalue weighted by Crippen LogP contribution is 2.00. The van der Waals surface area contributed by atoms with E-state index in [4.69, 9.17) is 10.2 Å². The number of carboxylic acids is 1. The normalized spacial score (nSPS) is 13.0. The van der Waals surface area contributed by atoms with E-state index < -0.39 is 34.6 Å². The minimum absolute atomic E-state index is 0.0352. The summed E-state index contributed by atoms with van der Waals surface area (Å²) in [6.07, 6.45) is -0.242. The van der Waals surface area contributed by atoms with E-state index in [2.05, 4.69) is 4.74 Å². The van der Waals surface area contributed by atoms with Crippen molar-refractivity contribution in [2.24, 2.45) is 0 Å². The average Bonchev–Trinajstić information content (AvgIpc) is 2.27. The number of hydrogen-bond acceptors (Lipinski definition) is 6. The summed E-state index contributed by atoms with van der Waals surface area (Å²) in [5.74, 6) is -2.27. The lowest BCUT2D eigenvalue weighted by molar-refractivity contribution is -0.141. The summed E-state index contributed by atoms with van der Waals surface area (Å²) in [6, 6.07) is -1.36. The fraction of sp³-hybridized carbons (Fsp3) is 0.778. The first-order valence-corrected chi connectivity index (χ1v) is 6.88. The predicted molar refractivity (Wildman–Crippen MR) is 61.3 cm³/mol. The van der Waals surface area contributed by atoms with Gasteiger partial charge in [-0.1, -0.05) is 0 Å². The molecule has 0 aliphatic carbocycles. The molecule has 0 saturated carbocycles. The number of aliphatic carboxylic acids is 1. The number of esters is 1. The molecule has 0 aromatic carbocycles. The summed E-state index contributed by atoms with van der Waals surface area (Å²) >= 11 is 0. The minimum atomic E-state index is -3.80. The zero-order chi connectivity index (χ0) is 14.2. The molecule has 0 fully saturated rings. The van der Waals surface area contributed by atoms with Gasteiger partial charge in [0.2, 0.25) is 10.0 Å². The zero-order valence-corrected chi connectivity index (χ0v) is 10.8. The van der Waals surface area contributed by atoms with Gasteiger partial charge in [-0.2, -0.15) is 0 Å². The van der Waals surface area contributed by atoms with Gasteiger partial charge < -0.3 is 14.9 Å². The average molecular weight is 283 g/mol. The Morgan fingerprint density at radius 1 is 1.39 bits per heavy atom. The second kappa shape index (κ2) is 8.01. The molecule has 0 spiro atoms. The minimum Gasteiger partial charge on any atom is -0.480 e. The molecule has 0 aliphatic heterocycles. The molecule has 0 aromatic heterocycles. The predicted octanol–water partition coefficient (Wildman–Crippen LogP) is -1.31. The molecule has 18 heavy (non-hydrogen) atoms. The van der Waals surface area contributed by atoms with Crippen LogP contribution in [-0.4, -0.2) is 56.1 Å². The number of carboxylic acid groups (broad SMARTS) is 1. The standard InChI is InChI=1S/C9H17NO7S/c1-17-8(12)3-2-6-18(15,16)10-7(4-5-11)9(13)14/h7,10-11H,2-6H2,1H3,(H,13,14). The molecule has 1 atom stereocenters. The van der Waals surface area contributed by atoms with Crippen molar-refractivity contribution in [3.8, 4) is 0 Å². The van der Waals surface area contributed by atoms with E-state index in [1.165, 1.54) is 7.11 Å². The number of carbonyl (C=O) groups excluding carboxylic acids is 1. The van der Waals surface area contributed by atoms with E-state index >= 15 is 0 Å². The van der Waals surface area contributed by atoms with Crippen LogP contribution in [0, 0.1) is 0 Å². The second-order valence-electron chi connectivity index (χ2n) is 3.52. The molecule has 106 valence electrons. The first-order valence-electron chi connectivity index (χ1n) is 5.23. The number of aliphatic hydroxyl groups excluding tert-OH is 1. The van der Waals surface area contributed by atoms with Crippen LogP contribution >= 0.6 is 0 Å². The monoisotopic (exact) mass is 283 g/mol. The summed E-state index contributed by atoms with van der Waals surface area (Å²) in [5.41, 5.74) is 0. The van der Waals surface area contributed by atoms with E-state index in [1.807, 2.05) is 4.72 Å². The lowest BCUT2D eigenvalue weighted by atomic mass is 10.2. The molecular formula is C9H17NO7S. The number of nitrogens with one attached hydrogen (secondary N) is 1. The Balaban J connectivity index is 4.28. The van der Waals surface area contributed by atoms with Crippen LogP contribution in [-0.2, 0) is 24.3 Å². The van der Waals surface area contributed by atoms with E-state index in [9.17, 15) is 18.0 Å². The molecule has 0 aromatic rings. The van der Waals surface area contributed by atoms with Crippen molar-refractivity contribution in [1.29, 1.82) is 0 Å². The maximum Gasteiger partial charge on any atom is 0.321 e. The van der Waals surface area contributed by atoms with E-state index in [-0.39, 0.29) is 25.0 Å². The summed E-state index contributed by atoms with van der Waals surface area (Å²) < 4.78 is 29.3. The molecular weight excluding hydrogens is 266 g/mol. The molecule has 9 heteroatoms. The van der Waals surface area contributed by atoms with Crippen LogP contribution in [0.15, 0.2) is 0 Å². The fourth-order valence-corrected chi connectivity index (χ4v) is 2.44. The highest BCUT2D eigenvalue weighted by atomic mass is 32.2. The Morgan fingerprint density at radius 2 is 2.00 bits per heavy atom. The maximum absolute atomic E-state index is 11.5. The Kier molecular flexibility index (Phi) is 7.48. The van der Waals surface area contributed by atoms with Crippen LogP contribution in [0.4, 0.5) is 0 Å². The molecule has 1 unspecified atom stereocenters. The van der Waals surface area contributed by atoms with Crippen molar-refractivity contribution in [3.63, 3.8) is 0 Å². The van der Waals surface area contributed by atoms with Gasteiger partial charge in [-0.3, -0.25) is 9.59 Å². The Labute approximate surface area is 105 Å². The van der Waals surface area contributed by atoms with Gasteiger partial charge in [0.1, 0.15) is 6.04 Å². The van der Waals surface area contributed by atoms with Gasteiger partial charge in [0, 0.05) is 13.0 Å². The van der Waals surface area contributed by atoms with Gasteiger partial charge in [0.25, 0.3) is 0 Å². The first kappa shape index (κ1) is 16.8. The molecule has 0 radical (unpaired) electrons. The largest absolute Gasteiger partial charge is 0.480 e. The summed E-state index contributed by atoms with van der Waals surface area (Å²) in [4.78, 5) is 21.4. The number of methoxy groups -OCH3 is 1. The summed E-state index contributed by atoms with van der Waals surface area (Å²) in [7, 11) is -2.61. The third kappa shape index (κ3) is 7.20. The molecule has 3 N–H and O–H groups in total. The number of ether oxygens (including phenoxy) is 1. The number of rotatable bonds is 9. The molecule has 8 nitrogen and oxygen atoms in total. The molecule has 0 aliphatic rings. The van der Waals surface area contributed by atoms with Crippen LogP contribution < -0.4 is 4.72 Å². The number of aliphatic hydroxyl groups is 1. The van der Waals surface area contributed by atoms with Crippen molar-refractivity contribution in [2.45, 2.75) is 25.3 Å². The van der Waals surface area contributed by atoms with Crippen LogP contribution in [0.25, 0.3) is 0 Å². The van der Waals surface area contributed by atoms with Crippen molar-refractivity contribution in [2.75, 3.05) is 19.5 Å². The van der Waals surface area contributed by atoms with Crippen LogP contribution in [0.1, 0.15) is 19.3 Å². The van der Waals surface area contributed by atoms with Gasteiger partial charge in [-0.15, -0.1) is 0 Å². The highest BCUT2D eigenvalue weighted by molar-refractivity contribution is 7.89. The quantitative estimate of drug-likeness (QED) is 0.448. The fourth-order valence-electron chi connectivity index (χ4n) is 1.15. The molecule has 0 heterocycles. The van der Waals surface area contributed by atoms with Crippen molar-refractivity contribution >= 4 is 22.0 Å². The van der Waals surface area contributed by atoms with E-state index in [0.29, 0.717) is 0 Å². The topological polar surface area (TPSA) is 130 Å². The van der Waals surface area contributed by atoms with Crippen molar-refractivity contribution in [1.82, 2.24) is 4.72 Å². The van der Waals surface area contributed by atoms with Crippen LogP contribution in [0.5, 0.6) is 0 Å². The van der Waals surface area contributed by atoms with Crippen molar-refractivity contribution < 1.29 is 33.0 Å². The van der Waals surface area contributed by atoms with Gasteiger partial charge in [0.15, 0.2) is 0 Å². The lowest BCUT2D eigenvalue weighted by Gasteiger charge is -2.13. The molecule has 0 bridgehead atoms. The van der Waals surface area contributed by atoms with Gasteiger partial charge >= 0.3 is 11.9 Å². The van der Waals surface area contributed by atoms with Crippen LogP contribution in [0.2, 0.25) is 0 Å². The van der Waals surface area contributed by atoms with Gasteiger partial charge in [-0.25, -0.2) is 13.1 Å².